The van der Waals surface area contributed by atoms with Crippen LogP contribution >= 0.6 is 0 Å². The quantitative estimate of drug-likeness (QED) is 0.301. The summed E-state index contributed by atoms with van der Waals surface area (Å²) in [6.45, 7) is -1.22. The van der Waals surface area contributed by atoms with Gasteiger partial charge in [0.05, 0.1) is 25.0 Å². The molecular weight excluding hydrogens is 400 g/mol. The summed E-state index contributed by atoms with van der Waals surface area (Å²) in [5, 5.41) is 38.0. The van der Waals surface area contributed by atoms with Crippen LogP contribution in [0.15, 0.2) is 0 Å². The van der Waals surface area contributed by atoms with Crippen LogP contribution in [0.25, 0.3) is 0 Å². The largest absolute Gasteiger partial charge is 1.00 e. The van der Waals surface area contributed by atoms with E-state index >= 15 is 0 Å². The molecule has 0 aliphatic heterocycles. The van der Waals surface area contributed by atoms with Crippen LogP contribution in [0.3, 0.4) is 0 Å². The monoisotopic (exact) mass is 423 g/mol. The first-order chi connectivity index (χ1) is 11.8. The van der Waals surface area contributed by atoms with Gasteiger partial charge in [0, 0.05) is 47.2 Å². The van der Waals surface area contributed by atoms with Crippen LogP contribution in [-0.2, 0) is 24.0 Å². The number of amides is 1. The third-order valence-electron chi connectivity index (χ3n) is 2.79. The first kappa shape index (κ1) is 34.8. The molecule has 0 saturated heterocycles. The summed E-state index contributed by atoms with van der Waals surface area (Å²) in [5.74, 6) is -5.42. The normalized spacial score (nSPS) is 9.32. The van der Waals surface area contributed by atoms with Crippen molar-refractivity contribution in [3.8, 4) is 0 Å². The Bertz CT molecular complexity index is 450. The smallest absolute Gasteiger partial charge is 0.549 e. The Hall–Kier alpha value is -0.730. The van der Waals surface area contributed by atoms with E-state index in [1.54, 1.807) is 14.1 Å². The van der Waals surface area contributed by atoms with E-state index in [0.29, 0.717) is 0 Å². The van der Waals surface area contributed by atoms with Gasteiger partial charge in [-0.1, -0.05) is 0 Å². The Morgan fingerprint density at radius 3 is 1.11 bits per heavy atom. The molecule has 0 aliphatic carbocycles. The molecular formula is C14H23N3Na2O9. The number of hydrogen-bond donors (Lipinski definition) is 2. The van der Waals surface area contributed by atoms with E-state index in [1.165, 1.54) is 11.8 Å². The third kappa shape index (κ3) is 25.3. The fourth-order valence-electron chi connectivity index (χ4n) is 1.46. The molecule has 0 aromatic heterocycles. The minimum absolute atomic E-state index is 0. The molecule has 14 heteroatoms. The van der Waals surface area contributed by atoms with Crippen molar-refractivity contribution >= 4 is 29.8 Å². The summed E-state index contributed by atoms with van der Waals surface area (Å²) in [7, 11) is 3.45. The summed E-state index contributed by atoms with van der Waals surface area (Å²) >= 11 is 0. The van der Waals surface area contributed by atoms with Gasteiger partial charge in [-0.2, -0.15) is 0 Å². The van der Waals surface area contributed by atoms with Gasteiger partial charge in [-0.3, -0.25) is 24.2 Å². The van der Waals surface area contributed by atoms with E-state index < -0.39 is 50.1 Å². The molecule has 12 nitrogen and oxygen atoms in total. The van der Waals surface area contributed by atoms with E-state index in [4.69, 9.17) is 10.2 Å². The summed E-state index contributed by atoms with van der Waals surface area (Å²) in [5.41, 5.74) is 0. The molecule has 0 rings (SSSR count). The maximum absolute atomic E-state index is 10.5. The topological polar surface area (TPSA) is 182 Å². The van der Waals surface area contributed by atoms with E-state index in [0.717, 1.165) is 9.80 Å². The van der Waals surface area contributed by atoms with E-state index in [1.807, 2.05) is 0 Å². The van der Waals surface area contributed by atoms with Crippen LogP contribution in [0.1, 0.15) is 6.92 Å². The van der Waals surface area contributed by atoms with Crippen LogP contribution in [-0.4, -0.2) is 108 Å². The fourth-order valence-corrected chi connectivity index (χ4v) is 1.46. The van der Waals surface area contributed by atoms with Crippen LogP contribution in [0.2, 0.25) is 0 Å². The number of hydrogen-bond acceptors (Lipinski definition) is 9. The molecule has 2 N–H and O–H groups in total. The molecule has 0 bridgehead atoms. The molecule has 0 atom stereocenters. The Morgan fingerprint density at radius 1 is 0.714 bits per heavy atom. The molecule has 28 heavy (non-hydrogen) atoms. The summed E-state index contributed by atoms with van der Waals surface area (Å²) < 4.78 is 0. The predicted molar refractivity (Wildman–Crippen MR) is 82.5 cm³/mol. The van der Waals surface area contributed by atoms with Crippen molar-refractivity contribution < 1.29 is 104 Å². The Kier molecular flexibility index (Phi) is 24.3. The zero-order valence-electron chi connectivity index (χ0n) is 16.8. The number of nitrogens with zero attached hydrogens (tertiary/aromatic N) is 3. The number of carbonyl (C=O) groups excluding carboxylic acids is 3. The van der Waals surface area contributed by atoms with Crippen LogP contribution in [0, 0.1) is 0 Å². The number of carbonyl (C=O) groups is 5. The zero-order valence-corrected chi connectivity index (χ0v) is 20.8. The number of rotatable bonds is 11. The number of carboxylic acids is 4. The van der Waals surface area contributed by atoms with Gasteiger partial charge in [0.2, 0.25) is 5.91 Å². The zero-order chi connectivity index (χ0) is 20.9. The maximum Gasteiger partial charge on any atom is 1.00 e. The molecule has 0 aromatic carbocycles. The van der Waals surface area contributed by atoms with Crippen molar-refractivity contribution in [1.82, 2.24) is 14.7 Å². The molecule has 0 saturated carbocycles. The predicted octanol–water partition coefficient (Wildman–Crippen LogP) is -10.6. The molecule has 0 spiro atoms. The standard InChI is InChI=1S/C10H16N2O8.C4H9NO.2Na/c13-7(14)3-11(4-8(15)16)1-2-12(5-9(17)18)6-10(19)20;1-4(6)5(2)3;;/h1-6H2,(H,13,14)(H,15,16)(H,17,18)(H,19,20);1-3H3;;/q;;2*+1/p-2. The molecule has 0 aromatic rings. The summed E-state index contributed by atoms with van der Waals surface area (Å²) in [6.07, 6.45) is 0. The van der Waals surface area contributed by atoms with Crippen molar-refractivity contribution in [3.05, 3.63) is 0 Å². The second-order valence-electron chi connectivity index (χ2n) is 5.37. The Morgan fingerprint density at radius 2 is 0.964 bits per heavy atom. The SMILES string of the molecule is CC(=O)N(C)C.O=C([O-])CN(CCN(CC(=O)[O-])CC(=O)O)CC(=O)O.[Na+].[Na+]. The van der Waals surface area contributed by atoms with Gasteiger partial charge in [0.1, 0.15) is 0 Å². The first-order valence-electron chi connectivity index (χ1n) is 7.31. The number of aliphatic carboxylic acids is 4. The molecule has 0 fully saturated rings. The molecule has 1 amide bonds. The van der Waals surface area contributed by atoms with Gasteiger partial charge in [0.25, 0.3) is 0 Å². The first-order valence-corrected chi connectivity index (χ1v) is 7.31. The maximum atomic E-state index is 10.5. The van der Waals surface area contributed by atoms with Crippen molar-refractivity contribution in [3.63, 3.8) is 0 Å². The average Bonchev–Trinajstić information content (AvgIpc) is 2.42. The molecule has 0 aliphatic rings. The minimum Gasteiger partial charge on any atom is -0.549 e. The van der Waals surface area contributed by atoms with Crippen molar-refractivity contribution in [2.45, 2.75) is 6.92 Å². The van der Waals surface area contributed by atoms with E-state index in [-0.39, 0.29) is 78.1 Å². The van der Waals surface area contributed by atoms with Crippen molar-refractivity contribution in [2.75, 3.05) is 53.4 Å². The van der Waals surface area contributed by atoms with Gasteiger partial charge in [-0.15, -0.1) is 0 Å². The molecule has 0 heterocycles. The van der Waals surface area contributed by atoms with Gasteiger partial charge in [-0.05, 0) is 0 Å². The Labute approximate surface area is 207 Å². The second-order valence-corrected chi connectivity index (χ2v) is 5.37. The van der Waals surface area contributed by atoms with Gasteiger partial charge in [0.15, 0.2) is 0 Å². The molecule has 0 radical (unpaired) electrons. The van der Waals surface area contributed by atoms with Crippen LogP contribution < -0.4 is 69.3 Å². The van der Waals surface area contributed by atoms with E-state index in [2.05, 4.69) is 0 Å². The third-order valence-corrected chi connectivity index (χ3v) is 2.79. The molecule has 0 unspecified atom stereocenters. The Balaban J connectivity index is -0.000000312. The van der Waals surface area contributed by atoms with Gasteiger partial charge >= 0.3 is 71.1 Å². The van der Waals surface area contributed by atoms with Crippen LogP contribution in [0.5, 0.6) is 0 Å². The van der Waals surface area contributed by atoms with Crippen LogP contribution in [0.4, 0.5) is 0 Å². The second kappa shape index (κ2) is 19.6. The van der Waals surface area contributed by atoms with Gasteiger partial charge < -0.3 is 34.9 Å². The van der Waals surface area contributed by atoms with Gasteiger partial charge in [-0.25, -0.2) is 0 Å². The summed E-state index contributed by atoms with van der Waals surface area (Å²) in [4.78, 5) is 55.5. The van der Waals surface area contributed by atoms with Crippen molar-refractivity contribution in [2.24, 2.45) is 0 Å². The average molecular weight is 423 g/mol. The van der Waals surface area contributed by atoms with Crippen molar-refractivity contribution in [1.29, 1.82) is 0 Å². The molecule has 150 valence electrons. The fraction of sp³-hybridized carbons (Fsp3) is 0.643. The van der Waals surface area contributed by atoms with E-state index in [9.17, 15) is 34.2 Å². The minimum atomic E-state index is -1.49. The number of carboxylic acid groups (broad SMARTS) is 4. The summed E-state index contributed by atoms with van der Waals surface area (Å²) in [6, 6.07) is 0.